The molecule has 136 valence electrons. The minimum absolute atomic E-state index is 0.0236. The van der Waals surface area contributed by atoms with Crippen molar-refractivity contribution < 1.29 is 23.5 Å². The topological polar surface area (TPSA) is 52.6 Å². The molecule has 0 heterocycles. The molecule has 3 aromatic rings. The Kier molecular flexibility index (Phi) is 5.94. The maximum atomic E-state index is 13.7. The van der Waals surface area contributed by atoms with Gasteiger partial charge in [-0.3, -0.25) is 0 Å². The lowest BCUT2D eigenvalue weighted by atomic mass is 10.1. The van der Waals surface area contributed by atoms with E-state index in [0.717, 1.165) is 5.56 Å². The Morgan fingerprint density at radius 3 is 2.11 bits per heavy atom. The molecule has 0 aliphatic heterocycles. The molecule has 0 saturated carbocycles. The van der Waals surface area contributed by atoms with Crippen molar-refractivity contribution in [2.24, 2.45) is 0 Å². The first kappa shape index (κ1) is 18.3. The van der Waals surface area contributed by atoms with Crippen LogP contribution in [0.15, 0.2) is 78.9 Å². The smallest absolute Gasteiger partial charge is 0.346 e. The Bertz CT molecular complexity index is 938. The van der Waals surface area contributed by atoms with E-state index in [4.69, 9.17) is 9.47 Å². The quantitative estimate of drug-likeness (QED) is 0.479. The van der Waals surface area contributed by atoms with Gasteiger partial charge in [0.2, 0.25) is 0 Å². The highest BCUT2D eigenvalue weighted by Crippen LogP contribution is 2.21. The molecule has 0 atom stereocenters. The molecule has 4 nitrogen and oxygen atoms in total. The van der Waals surface area contributed by atoms with Crippen LogP contribution in [-0.2, 0) is 11.2 Å². The fraction of sp³-hybridized carbons (Fsp3) is 0.0909. The predicted octanol–water partition coefficient (Wildman–Crippen LogP) is 4.44. The van der Waals surface area contributed by atoms with E-state index in [1.165, 1.54) is 36.4 Å². The van der Waals surface area contributed by atoms with Gasteiger partial charge in [0, 0.05) is 6.42 Å². The van der Waals surface area contributed by atoms with Crippen LogP contribution in [0.3, 0.4) is 0 Å². The monoisotopic (exact) mass is 364 g/mol. The molecule has 0 spiro atoms. The van der Waals surface area contributed by atoms with Gasteiger partial charge in [0.15, 0.2) is 0 Å². The van der Waals surface area contributed by atoms with E-state index in [2.05, 4.69) is 0 Å². The zero-order valence-electron chi connectivity index (χ0n) is 14.4. The molecule has 0 aliphatic carbocycles. The summed E-state index contributed by atoms with van der Waals surface area (Å²) in [4.78, 5) is 24.5. The lowest BCUT2D eigenvalue weighted by Gasteiger charge is -2.10. The minimum atomic E-state index is -0.877. The molecule has 0 aromatic heterocycles. The van der Waals surface area contributed by atoms with Crippen LogP contribution in [0, 0.1) is 5.82 Å². The third kappa shape index (κ3) is 4.79. The van der Waals surface area contributed by atoms with Gasteiger partial charge in [0.05, 0.1) is 12.2 Å². The molecule has 0 saturated heterocycles. The summed E-state index contributed by atoms with van der Waals surface area (Å²) < 4.78 is 24.2. The van der Waals surface area contributed by atoms with Crippen molar-refractivity contribution in [2.75, 3.05) is 6.61 Å². The highest BCUT2D eigenvalue weighted by atomic mass is 19.1. The van der Waals surface area contributed by atoms with Crippen molar-refractivity contribution >= 4 is 11.9 Å². The first-order chi connectivity index (χ1) is 13.1. The fourth-order valence-electron chi connectivity index (χ4n) is 2.49. The van der Waals surface area contributed by atoms with E-state index in [-0.39, 0.29) is 23.5 Å². The zero-order valence-corrected chi connectivity index (χ0v) is 14.4. The third-order valence-electron chi connectivity index (χ3n) is 3.87. The van der Waals surface area contributed by atoms with Crippen molar-refractivity contribution in [3.63, 3.8) is 0 Å². The Morgan fingerprint density at radius 2 is 1.37 bits per heavy atom. The van der Waals surface area contributed by atoms with E-state index in [1.54, 1.807) is 12.1 Å². The Balaban J connectivity index is 1.67. The van der Waals surface area contributed by atoms with Crippen LogP contribution in [0.1, 0.15) is 26.3 Å². The second-order valence-corrected chi connectivity index (χ2v) is 5.74. The standard InChI is InChI=1S/C22H17FO4/c23-19-12-6-4-10-17(19)22(25)27-20-13-7-5-11-18(20)21(24)26-15-14-16-8-2-1-3-9-16/h1-13H,14-15H2. The molecule has 3 aromatic carbocycles. The molecular formula is C22H17FO4. The number of esters is 2. The summed E-state index contributed by atoms with van der Waals surface area (Å²) in [7, 11) is 0. The number of hydrogen-bond donors (Lipinski definition) is 0. The molecular weight excluding hydrogens is 347 g/mol. The number of carbonyl (C=O) groups is 2. The molecule has 0 bridgehead atoms. The zero-order chi connectivity index (χ0) is 19.1. The van der Waals surface area contributed by atoms with Crippen LogP contribution in [0.25, 0.3) is 0 Å². The first-order valence-corrected chi connectivity index (χ1v) is 8.42. The Hall–Kier alpha value is -3.47. The Labute approximate surface area is 156 Å². The molecule has 0 aliphatic rings. The highest BCUT2D eigenvalue weighted by Gasteiger charge is 2.19. The van der Waals surface area contributed by atoms with Gasteiger partial charge >= 0.3 is 11.9 Å². The van der Waals surface area contributed by atoms with Gasteiger partial charge < -0.3 is 9.47 Å². The average molecular weight is 364 g/mol. The highest BCUT2D eigenvalue weighted by molar-refractivity contribution is 5.96. The summed E-state index contributed by atoms with van der Waals surface area (Å²) in [5, 5.41) is 0. The van der Waals surface area contributed by atoms with Crippen LogP contribution in [0.5, 0.6) is 5.75 Å². The van der Waals surface area contributed by atoms with E-state index in [0.29, 0.717) is 6.42 Å². The molecule has 0 amide bonds. The number of benzene rings is 3. The number of halogens is 1. The third-order valence-corrected chi connectivity index (χ3v) is 3.87. The number of para-hydroxylation sites is 1. The SMILES string of the molecule is O=C(Oc1ccccc1C(=O)OCCc1ccccc1)c1ccccc1F. The lowest BCUT2D eigenvalue weighted by Crippen LogP contribution is -2.15. The molecule has 5 heteroatoms. The molecule has 27 heavy (non-hydrogen) atoms. The summed E-state index contributed by atoms with van der Waals surface area (Å²) in [5.41, 5.74) is 0.949. The maximum absolute atomic E-state index is 13.7. The summed E-state index contributed by atoms with van der Waals surface area (Å²) in [6.07, 6.45) is 0.573. The molecule has 0 N–H and O–H groups in total. The van der Waals surface area contributed by atoms with Gasteiger partial charge in [-0.25, -0.2) is 14.0 Å². The molecule has 3 rings (SSSR count). The largest absolute Gasteiger partial charge is 0.462 e. The van der Waals surface area contributed by atoms with Gasteiger partial charge in [0.1, 0.15) is 17.1 Å². The lowest BCUT2D eigenvalue weighted by molar-refractivity contribution is 0.0503. The van der Waals surface area contributed by atoms with E-state index in [1.807, 2.05) is 30.3 Å². The van der Waals surface area contributed by atoms with Crippen LogP contribution >= 0.6 is 0 Å². The summed E-state index contributed by atoms with van der Waals surface area (Å²) in [6.45, 7) is 0.193. The molecule has 0 radical (unpaired) electrons. The van der Waals surface area contributed by atoms with E-state index in [9.17, 15) is 14.0 Å². The van der Waals surface area contributed by atoms with E-state index >= 15 is 0 Å². The average Bonchev–Trinajstić information content (AvgIpc) is 2.69. The summed E-state index contributed by atoms with van der Waals surface area (Å²) in [5.74, 6) is -2.15. The summed E-state index contributed by atoms with van der Waals surface area (Å²) >= 11 is 0. The number of rotatable bonds is 6. The predicted molar refractivity (Wildman–Crippen MR) is 98.2 cm³/mol. The van der Waals surface area contributed by atoms with Crippen molar-refractivity contribution in [1.29, 1.82) is 0 Å². The van der Waals surface area contributed by atoms with Gasteiger partial charge in [0.25, 0.3) is 0 Å². The maximum Gasteiger partial charge on any atom is 0.346 e. The Morgan fingerprint density at radius 1 is 0.741 bits per heavy atom. The van der Waals surface area contributed by atoms with Crippen molar-refractivity contribution in [1.82, 2.24) is 0 Å². The second-order valence-electron chi connectivity index (χ2n) is 5.74. The second kappa shape index (κ2) is 8.76. The minimum Gasteiger partial charge on any atom is -0.462 e. The number of carbonyl (C=O) groups excluding carboxylic acids is 2. The van der Waals surface area contributed by atoms with Crippen molar-refractivity contribution in [3.8, 4) is 5.75 Å². The normalized spacial score (nSPS) is 10.3. The first-order valence-electron chi connectivity index (χ1n) is 8.42. The molecule has 0 unspecified atom stereocenters. The van der Waals surface area contributed by atoms with Crippen LogP contribution < -0.4 is 4.74 Å². The van der Waals surface area contributed by atoms with Crippen LogP contribution in [-0.4, -0.2) is 18.5 Å². The van der Waals surface area contributed by atoms with Gasteiger partial charge in [-0.15, -0.1) is 0 Å². The summed E-state index contributed by atoms with van der Waals surface area (Å²) in [6, 6.07) is 21.3. The molecule has 0 fully saturated rings. The van der Waals surface area contributed by atoms with Crippen molar-refractivity contribution in [2.45, 2.75) is 6.42 Å². The van der Waals surface area contributed by atoms with Crippen LogP contribution in [0.4, 0.5) is 4.39 Å². The number of ether oxygens (including phenoxy) is 2. The van der Waals surface area contributed by atoms with Crippen molar-refractivity contribution in [3.05, 3.63) is 101 Å². The fourth-order valence-corrected chi connectivity index (χ4v) is 2.49. The number of hydrogen-bond acceptors (Lipinski definition) is 4. The van der Waals surface area contributed by atoms with Crippen LogP contribution in [0.2, 0.25) is 0 Å². The van der Waals surface area contributed by atoms with Gasteiger partial charge in [-0.2, -0.15) is 0 Å². The van der Waals surface area contributed by atoms with Gasteiger partial charge in [-0.05, 0) is 29.8 Å². The van der Waals surface area contributed by atoms with E-state index < -0.39 is 17.8 Å². The van der Waals surface area contributed by atoms with Gasteiger partial charge in [-0.1, -0.05) is 54.6 Å².